The van der Waals surface area contributed by atoms with Crippen LogP contribution in [0.25, 0.3) is 0 Å². The van der Waals surface area contributed by atoms with E-state index >= 15 is 0 Å². The number of aliphatic hydroxyl groups excluding tert-OH is 1. The predicted octanol–water partition coefficient (Wildman–Crippen LogP) is 3.20. The molecule has 0 rings (SSSR count). The van der Waals surface area contributed by atoms with E-state index in [1.165, 1.54) is 6.92 Å². The number of alkyl halides is 6. The number of aliphatic hydroxyl groups is 1. The Morgan fingerprint density at radius 2 is 1.44 bits per heavy atom. The van der Waals surface area contributed by atoms with Gasteiger partial charge in [0.15, 0.2) is 5.60 Å². The fraction of sp³-hybridized carbons (Fsp3) is 0.929. The van der Waals surface area contributed by atoms with E-state index in [0.717, 1.165) is 14.0 Å². The van der Waals surface area contributed by atoms with Crippen molar-refractivity contribution >= 4 is 5.97 Å². The Labute approximate surface area is 141 Å². The number of carbonyl (C=O) groups excluding carboxylic acids is 1. The van der Waals surface area contributed by atoms with Gasteiger partial charge in [-0.05, 0) is 27.2 Å². The van der Waals surface area contributed by atoms with Gasteiger partial charge in [0.1, 0.15) is 6.79 Å². The first kappa shape index (κ1) is 23.9. The van der Waals surface area contributed by atoms with Gasteiger partial charge in [0.2, 0.25) is 0 Å². The van der Waals surface area contributed by atoms with Crippen LogP contribution in [0.1, 0.15) is 34.1 Å². The van der Waals surface area contributed by atoms with Gasteiger partial charge in [0.25, 0.3) is 0 Å². The molecule has 0 fully saturated rings. The lowest BCUT2D eigenvalue weighted by Crippen LogP contribution is -2.71. The quantitative estimate of drug-likeness (QED) is 0.396. The highest BCUT2D eigenvalue weighted by molar-refractivity contribution is 5.77. The molecule has 0 aromatic rings. The number of ether oxygens (including phenoxy) is 3. The number of hydrogen-bond donors (Lipinski definition) is 1. The summed E-state index contributed by atoms with van der Waals surface area (Å²) in [5.74, 6) is -1.42. The molecule has 1 N–H and O–H groups in total. The maximum absolute atomic E-state index is 13.5. The average Bonchev–Trinajstić information content (AvgIpc) is 2.43. The maximum atomic E-state index is 13.5. The van der Waals surface area contributed by atoms with Crippen LogP contribution in [0.2, 0.25) is 0 Å². The molecular weight excluding hydrogens is 362 g/mol. The molecule has 11 heteroatoms. The first-order chi connectivity index (χ1) is 11.1. The summed E-state index contributed by atoms with van der Waals surface area (Å²) < 4.78 is 93.6. The number of carbonyl (C=O) groups is 1. The van der Waals surface area contributed by atoms with E-state index in [1.54, 1.807) is 0 Å². The van der Waals surface area contributed by atoms with Crippen molar-refractivity contribution in [3.8, 4) is 0 Å². The number of hydrogen-bond acceptors (Lipinski definition) is 5. The van der Waals surface area contributed by atoms with E-state index in [0.29, 0.717) is 13.8 Å². The predicted molar refractivity (Wildman–Crippen MR) is 73.5 cm³/mol. The van der Waals surface area contributed by atoms with Gasteiger partial charge < -0.3 is 19.3 Å². The third-order valence-electron chi connectivity index (χ3n) is 4.01. The van der Waals surface area contributed by atoms with Crippen LogP contribution < -0.4 is 0 Å². The van der Waals surface area contributed by atoms with E-state index in [1.807, 2.05) is 0 Å². The molecule has 0 radical (unpaired) electrons. The van der Waals surface area contributed by atoms with Crippen LogP contribution in [-0.2, 0) is 19.0 Å². The topological polar surface area (TPSA) is 65.0 Å². The van der Waals surface area contributed by atoms with Crippen molar-refractivity contribution in [1.29, 1.82) is 0 Å². The summed E-state index contributed by atoms with van der Waals surface area (Å²) in [5, 5.41) is 9.22. The monoisotopic (exact) mass is 384 g/mol. The van der Waals surface area contributed by atoms with Crippen molar-refractivity contribution in [1.82, 2.24) is 0 Å². The standard InChI is InChI=1S/C14H22F6O5/c1-6-11(4,7-21)9(22)25-10(2,3)12(13(15,16)17,14(18,19)20)24-8-23-5/h21H,6-8H2,1-5H3. The van der Waals surface area contributed by atoms with Crippen molar-refractivity contribution in [3.63, 3.8) is 0 Å². The molecule has 0 aliphatic carbocycles. The Kier molecular flexibility index (Phi) is 7.34. The summed E-state index contributed by atoms with van der Waals surface area (Å²) in [7, 11) is 0.844. The molecule has 5 nitrogen and oxygen atoms in total. The van der Waals surface area contributed by atoms with Crippen molar-refractivity contribution < 1.29 is 50.5 Å². The van der Waals surface area contributed by atoms with E-state index in [4.69, 9.17) is 0 Å². The highest BCUT2D eigenvalue weighted by Gasteiger charge is 2.80. The van der Waals surface area contributed by atoms with Gasteiger partial charge in [0, 0.05) is 7.11 Å². The average molecular weight is 384 g/mol. The smallest absolute Gasteiger partial charge is 0.430 e. The second-order valence-corrected chi connectivity index (χ2v) is 6.20. The van der Waals surface area contributed by atoms with Crippen molar-refractivity contribution in [2.75, 3.05) is 20.5 Å². The number of methoxy groups -OCH3 is 1. The Morgan fingerprint density at radius 3 is 1.72 bits per heavy atom. The van der Waals surface area contributed by atoms with Crippen LogP contribution in [0, 0.1) is 5.41 Å². The summed E-state index contributed by atoms with van der Waals surface area (Å²) in [5.41, 5.74) is -9.70. The third-order valence-corrected chi connectivity index (χ3v) is 4.01. The molecule has 0 aromatic heterocycles. The van der Waals surface area contributed by atoms with Gasteiger partial charge in [0.05, 0.1) is 12.0 Å². The fourth-order valence-corrected chi connectivity index (χ4v) is 2.08. The lowest BCUT2D eigenvalue weighted by atomic mass is 9.82. The molecule has 0 saturated carbocycles. The first-order valence-corrected chi connectivity index (χ1v) is 7.17. The van der Waals surface area contributed by atoms with Gasteiger partial charge >= 0.3 is 23.9 Å². The van der Waals surface area contributed by atoms with Crippen molar-refractivity contribution in [2.24, 2.45) is 5.41 Å². The van der Waals surface area contributed by atoms with Crippen LogP contribution in [0.3, 0.4) is 0 Å². The lowest BCUT2D eigenvalue weighted by molar-refractivity contribution is -0.429. The minimum absolute atomic E-state index is 0.0671. The molecular formula is C14H22F6O5. The van der Waals surface area contributed by atoms with Crippen LogP contribution in [0.15, 0.2) is 0 Å². The van der Waals surface area contributed by atoms with E-state index < -0.39 is 48.3 Å². The zero-order chi connectivity index (χ0) is 20.3. The Hall–Kier alpha value is -1.07. The molecule has 0 bridgehead atoms. The highest BCUT2D eigenvalue weighted by atomic mass is 19.4. The molecule has 0 amide bonds. The van der Waals surface area contributed by atoms with Gasteiger partial charge in [-0.2, -0.15) is 26.3 Å². The Morgan fingerprint density at radius 1 is 1.00 bits per heavy atom. The molecule has 0 heterocycles. The highest BCUT2D eigenvalue weighted by Crippen LogP contribution is 2.53. The van der Waals surface area contributed by atoms with Gasteiger partial charge in [-0.1, -0.05) is 6.92 Å². The van der Waals surface area contributed by atoms with E-state index in [9.17, 15) is 36.2 Å². The number of halogens is 6. The zero-order valence-corrected chi connectivity index (χ0v) is 14.5. The molecule has 150 valence electrons. The number of rotatable bonds is 8. The molecule has 0 aromatic carbocycles. The molecule has 0 aliphatic rings. The molecule has 0 saturated heterocycles. The molecule has 1 atom stereocenters. The largest absolute Gasteiger partial charge is 0.455 e. The van der Waals surface area contributed by atoms with Crippen molar-refractivity contribution in [3.05, 3.63) is 0 Å². The second-order valence-electron chi connectivity index (χ2n) is 6.20. The second kappa shape index (κ2) is 7.67. The van der Waals surface area contributed by atoms with Gasteiger partial charge in [-0.15, -0.1) is 0 Å². The van der Waals surface area contributed by atoms with Crippen LogP contribution in [0.4, 0.5) is 26.3 Å². The Bertz CT molecular complexity index is 440. The SMILES string of the molecule is CCC(C)(CO)C(=O)OC(C)(C)C(OCOC)(C(F)(F)F)C(F)(F)F. The van der Waals surface area contributed by atoms with Crippen LogP contribution in [-0.4, -0.2) is 55.1 Å². The normalized spacial score (nSPS) is 16.5. The number of esters is 1. The van der Waals surface area contributed by atoms with E-state index in [-0.39, 0.29) is 6.42 Å². The summed E-state index contributed by atoms with van der Waals surface area (Å²) >= 11 is 0. The molecule has 25 heavy (non-hydrogen) atoms. The van der Waals surface area contributed by atoms with Crippen molar-refractivity contribution in [2.45, 2.75) is 57.7 Å². The van der Waals surface area contributed by atoms with Crippen LogP contribution in [0.5, 0.6) is 0 Å². The maximum Gasteiger partial charge on any atom is 0.430 e. The zero-order valence-electron chi connectivity index (χ0n) is 14.5. The Balaban J connectivity index is 6.20. The van der Waals surface area contributed by atoms with Gasteiger partial charge in [-0.3, -0.25) is 4.79 Å². The fourth-order valence-electron chi connectivity index (χ4n) is 2.08. The molecule has 0 spiro atoms. The molecule has 1 unspecified atom stereocenters. The van der Waals surface area contributed by atoms with E-state index in [2.05, 4.69) is 14.2 Å². The summed E-state index contributed by atoms with van der Waals surface area (Å²) in [6.45, 7) is 1.30. The minimum Gasteiger partial charge on any atom is -0.455 e. The minimum atomic E-state index is -5.98. The lowest BCUT2D eigenvalue weighted by Gasteiger charge is -2.47. The third kappa shape index (κ3) is 4.37. The summed E-state index contributed by atoms with van der Waals surface area (Å²) in [6.07, 6.45) is -12.0. The summed E-state index contributed by atoms with van der Waals surface area (Å²) in [6, 6.07) is 0. The first-order valence-electron chi connectivity index (χ1n) is 7.17. The van der Waals surface area contributed by atoms with Crippen LogP contribution >= 0.6 is 0 Å². The van der Waals surface area contributed by atoms with Gasteiger partial charge in [-0.25, -0.2) is 0 Å². The summed E-state index contributed by atoms with van der Waals surface area (Å²) in [4.78, 5) is 12.1. The molecule has 0 aliphatic heterocycles.